The van der Waals surface area contributed by atoms with E-state index >= 15 is 0 Å². The molecule has 17 heavy (non-hydrogen) atoms. The van der Waals surface area contributed by atoms with E-state index in [1.54, 1.807) is 19.1 Å². The molecule has 0 radical (unpaired) electrons. The Morgan fingerprint density at radius 2 is 2.06 bits per heavy atom. The van der Waals surface area contributed by atoms with E-state index in [0.29, 0.717) is 10.1 Å². The maximum absolute atomic E-state index is 11.9. The van der Waals surface area contributed by atoms with Gasteiger partial charge >= 0.3 is 5.97 Å². The fraction of sp³-hybridized carbons (Fsp3) is 0.273. The first kappa shape index (κ1) is 13.8. The van der Waals surface area contributed by atoms with Crippen molar-refractivity contribution in [3.63, 3.8) is 0 Å². The van der Waals surface area contributed by atoms with Crippen LogP contribution in [0.1, 0.15) is 17.3 Å². The number of phenolic OH excluding ortho intramolecular Hbond substituents is 1. The summed E-state index contributed by atoms with van der Waals surface area (Å²) >= 11 is 1.94. The van der Waals surface area contributed by atoms with Gasteiger partial charge in [-0.2, -0.15) is 0 Å². The van der Waals surface area contributed by atoms with Crippen molar-refractivity contribution in [3.05, 3.63) is 27.3 Å². The van der Waals surface area contributed by atoms with E-state index in [9.17, 15) is 14.7 Å². The Balaban J connectivity index is 2.93. The van der Waals surface area contributed by atoms with Gasteiger partial charge in [0.05, 0.1) is 3.57 Å². The molecular weight excluding hydrogens is 337 g/mol. The minimum Gasteiger partial charge on any atom is -0.507 e. The highest BCUT2D eigenvalue weighted by atomic mass is 127. The van der Waals surface area contributed by atoms with Crippen molar-refractivity contribution >= 4 is 34.5 Å². The Kier molecular flexibility index (Phi) is 4.73. The van der Waals surface area contributed by atoms with Gasteiger partial charge in [0.1, 0.15) is 12.3 Å². The summed E-state index contributed by atoms with van der Waals surface area (Å²) in [6.07, 6.45) is 0. The number of benzene rings is 1. The highest BCUT2D eigenvalue weighted by Gasteiger charge is 2.17. The number of carboxylic acids is 1. The van der Waals surface area contributed by atoms with Crippen LogP contribution in [-0.4, -0.2) is 40.1 Å². The van der Waals surface area contributed by atoms with Gasteiger partial charge in [0, 0.05) is 12.1 Å². The average molecular weight is 349 g/mol. The van der Waals surface area contributed by atoms with Crippen LogP contribution >= 0.6 is 22.6 Å². The molecule has 0 bridgehead atoms. The lowest BCUT2D eigenvalue weighted by Gasteiger charge is -2.18. The summed E-state index contributed by atoms with van der Waals surface area (Å²) < 4.78 is 0.639. The molecule has 1 rings (SSSR count). The number of aliphatic carboxylic acids is 1. The minimum absolute atomic E-state index is 0.0165. The molecule has 5 nitrogen and oxygen atoms in total. The first-order chi connectivity index (χ1) is 7.95. The summed E-state index contributed by atoms with van der Waals surface area (Å²) in [5.74, 6) is -1.45. The Labute approximate surface area is 112 Å². The summed E-state index contributed by atoms with van der Waals surface area (Å²) in [6.45, 7) is 1.66. The highest BCUT2D eigenvalue weighted by Crippen LogP contribution is 2.21. The first-order valence-corrected chi connectivity index (χ1v) is 6.03. The van der Waals surface area contributed by atoms with Gasteiger partial charge in [-0.1, -0.05) is 0 Å². The molecule has 0 aliphatic rings. The number of likely N-dealkylation sites (N-methyl/N-ethyl adjacent to an activating group) is 1. The van der Waals surface area contributed by atoms with E-state index in [4.69, 9.17) is 5.11 Å². The summed E-state index contributed by atoms with van der Waals surface area (Å²) in [5, 5.41) is 18.2. The van der Waals surface area contributed by atoms with Crippen LogP contribution in [0.5, 0.6) is 5.75 Å². The average Bonchev–Trinajstić information content (AvgIpc) is 2.28. The summed E-state index contributed by atoms with van der Waals surface area (Å²) in [6, 6.07) is 4.51. The Bertz CT molecular complexity index is 447. The number of hydrogen-bond donors (Lipinski definition) is 2. The number of carboxylic acid groups (broad SMARTS) is 1. The van der Waals surface area contributed by atoms with Gasteiger partial charge in [0.15, 0.2) is 0 Å². The second-order valence-corrected chi connectivity index (χ2v) is 4.54. The molecule has 0 unspecified atom stereocenters. The van der Waals surface area contributed by atoms with E-state index in [1.807, 2.05) is 22.6 Å². The van der Waals surface area contributed by atoms with Crippen molar-refractivity contribution < 1.29 is 19.8 Å². The lowest BCUT2D eigenvalue weighted by Crippen LogP contribution is -2.35. The fourth-order valence-electron chi connectivity index (χ4n) is 1.32. The van der Waals surface area contributed by atoms with Gasteiger partial charge in [-0.15, -0.1) is 0 Å². The van der Waals surface area contributed by atoms with E-state index in [1.165, 1.54) is 11.0 Å². The number of aromatic hydroxyl groups is 1. The largest absolute Gasteiger partial charge is 0.507 e. The maximum Gasteiger partial charge on any atom is 0.323 e. The van der Waals surface area contributed by atoms with Crippen LogP contribution in [0.4, 0.5) is 0 Å². The van der Waals surface area contributed by atoms with Gasteiger partial charge in [-0.3, -0.25) is 9.59 Å². The van der Waals surface area contributed by atoms with Crippen molar-refractivity contribution in [2.45, 2.75) is 6.92 Å². The molecule has 0 heterocycles. The monoisotopic (exact) mass is 349 g/mol. The van der Waals surface area contributed by atoms with Gasteiger partial charge in [0.2, 0.25) is 0 Å². The van der Waals surface area contributed by atoms with Crippen LogP contribution in [0.15, 0.2) is 18.2 Å². The third kappa shape index (κ3) is 3.58. The molecule has 0 saturated carbocycles. The molecule has 0 fully saturated rings. The van der Waals surface area contributed by atoms with Gasteiger partial charge in [-0.05, 0) is 47.7 Å². The lowest BCUT2D eigenvalue weighted by atomic mass is 10.2. The molecule has 0 spiro atoms. The van der Waals surface area contributed by atoms with Crippen molar-refractivity contribution in [3.8, 4) is 5.75 Å². The standard InChI is InChI=1S/C11H12INO4/c1-2-13(6-10(15)16)11(17)7-3-4-8(12)9(14)5-7/h3-5,14H,2,6H2,1H3,(H,15,16). The third-order valence-electron chi connectivity index (χ3n) is 2.19. The molecule has 0 aromatic heterocycles. The summed E-state index contributed by atoms with van der Waals surface area (Å²) in [7, 11) is 0. The molecule has 0 saturated heterocycles. The Morgan fingerprint density at radius 3 is 2.53 bits per heavy atom. The normalized spacial score (nSPS) is 10.0. The van der Waals surface area contributed by atoms with Crippen LogP contribution in [0, 0.1) is 3.57 Å². The first-order valence-electron chi connectivity index (χ1n) is 4.95. The number of halogens is 1. The lowest BCUT2D eigenvalue weighted by molar-refractivity contribution is -0.137. The van der Waals surface area contributed by atoms with Crippen molar-refractivity contribution in [1.29, 1.82) is 0 Å². The number of amides is 1. The zero-order valence-corrected chi connectivity index (χ0v) is 11.3. The molecule has 6 heteroatoms. The second-order valence-electron chi connectivity index (χ2n) is 3.38. The number of phenols is 1. The molecule has 0 aliphatic heterocycles. The third-order valence-corrected chi connectivity index (χ3v) is 3.10. The number of carbonyl (C=O) groups is 2. The maximum atomic E-state index is 11.9. The fourth-order valence-corrected chi connectivity index (χ4v) is 1.65. The van der Waals surface area contributed by atoms with Gasteiger partial charge in [0.25, 0.3) is 5.91 Å². The van der Waals surface area contributed by atoms with Crippen molar-refractivity contribution in [2.75, 3.05) is 13.1 Å². The van der Waals surface area contributed by atoms with Crippen molar-refractivity contribution in [1.82, 2.24) is 4.90 Å². The Morgan fingerprint density at radius 1 is 1.41 bits per heavy atom. The summed E-state index contributed by atoms with van der Waals surface area (Å²) in [5.41, 5.74) is 0.283. The predicted molar refractivity (Wildman–Crippen MR) is 70.0 cm³/mol. The van der Waals surface area contributed by atoms with Crippen molar-refractivity contribution in [2.24, 2.45) is 0 Å². The zero-order chi connectivity index (χ0) is 13.0. The Hall–Kier alpha value is -1.31. The summed E-state index contributed by atoms with van der Waals surface area (Å²) in [4.78, 5) is 23.7. The molecule has 1 amide bonds. The smallest absolute Gasteiger partial charge is 0.323 e. The number of hydrogen-bond acceptors (Lipinski definition) is 3. The number of carbonyl (C=O) groups excluding carboxylic acids is 1. The topological polar surface area (TPSA) is 77.8 Å². The van der Waals surface area contributed by atoms with E-state index in [0.717, 1.165) is 0 Å². The quantitative estimate of drug-likeness (QED) is 0.809. The molecule has 92 valence electrons. The van der Waals surface area contributed by atoms with E-state index in [2.05, 4.69) is 0 Å². The number of rotatable bonds is 4. The zero-order valence-electron chi connectivity index (χ0n) is 9.18. The molecule has 0 aliphatic carbocycles. The van der Waals surface area contributed by atoms with Gasteiger partial charge < -0.3 is 15.1 Å². The highest BCUT2D eigenvalue weighted by molar-refractivity contribution is 14.1. The molecule has 2 N–H and O–H groups in total. The van der Waals surface area contributed by atoms with Crippen LogP contribution in [0.3, 0.4) is 0 Å². The van der Waals surface area contributed by atoms with Crippen LogP contribution in [0.25, 0.3) is 0 Å². The second kappa shape index (κ2) is 5.85. The molecule has 1 aromatic rings. The van der Waals surface area contributed by atoms with Crippen LogP contribution in [0.2, 0.25) is 0 Å². The van der Waals surface area contributed by atoms with Crippen LogP contribution in [-0.2, 0) is 4.79 Å². The molecular formula is C11H12INO4. The molecule has 1 aromatic carbocycles. The minimum atomic E-state index is -1.06. The van der Waals surface area contributed by atoms with Gasteiger partial charge in [-0.25, -0.2) is 0 Å². The van der Waals surface area contributed by atoms with Crippen LogP contribution < -0.4 is 0 Å². The number of nitrogens with zero attached hydrogens (tertiary/aromatic N) is 1. The van der Waals surface area contributed by atoms with E-state index < -0.39 is 11.9 Å². The predicted octanol–water partition coefficient (Wildman–Crippen LogP) is 1.54. The molecule has 0 atom stereocenters. The SMILES string of the molecule is CCN(CC(=O)O)C(=O)c1ccc(I)c(O)c1. The van der Waals surface area contributed by atoms with E-state index in [-0.39, 0.29) is 17.9 Å².